The van der Waals surface area contributed by atoms with Gasteiger partial charge in [0.05, 0.1) is 11.3 Å². The minimum atomic E-state index is -4.43. The van der Waals surface area contributed by atoms with Crippen molar-refractivity contribution in [3.05, 3.63) is 52.3 Å². The molecule has 1 aliphatic rings. The van der Waals surface area contributed by atoms with Gasteiger partial charge in [-0.15, -0.1) is 0 Å². The minimum Gasteiger partial charge on any atom is -0.350 e. The largest absolute Gasteiger partial charge is 0.418 e. The van der Waals surface area contributed by atoms with Crippen molar-refractivity contribution in [1.29, 1.82) is 0 Å². The van der Waals surface area contributed by atoms with Crippen LogP contribution in [0.25, 0.3) is 0 Å². The fourth-order valence-corrected chi connectivity index (χ4v) is 2.98. The lowest BCUT2D eigenvalue weighted by Crippen LogP contribution is -2.47. The van der Waals surface area contributed by atoms with Crippen LogP contribution in [-0.4, -0.2) is 34.1 Å². The summed E-state index contributed by atoms with van der Waals surface area (Å²) in [4.78, 5) is 24.2. The number of aromatic amines is 1. The number of pyridine rings is 1. The number of nitrogens with zero attached hydrogens (tertiary/aromatic N) is 3. The molecule has 0 unspecified atom stereocenters. The molecule has 9 heteroatoms. The van der Waals surface area contributed by atoms with Crippen molar-refractivity contribution in [2.24, 2.45) is 0 Å². The molecule has 3 rings (SSSR count). The Morgan fingerprint density at radius 1 is 1.32 bits per heavy atom. The Labute approximate surface area is 142 Å². The molecule has 0 aliphatic carbocycles. The molecular formula is C16H18F3N5O. The molecule has 1 fully saturated rings. The van der Waals surface area contributed by atoms with Gasteiger partial charge in [-0.25, -0.2) is 4.98 Å². The third-order valence-electron chi connectivity index (χ3n) is 4.16. The summed E-state index contributed by atoms with van der Waals surface area (Å²) < 4.78 is 39.1. The molecular weight excluding hydrogens is 335 g/mol. The summed E-state index contributed by atoms with van der Waals surface area (Å²) in [6, 6.07) is 2.27. The molecule has 3 heterocycles. The van der Waals surface area contributed by atoms with Crippen LogP contribution in [0.2, 0.25) is 0 Å². The number of hydrogen-bond acceptors (Lipinski definition) is 5. The summed E-state index contributed by atoms with van der Waals surface area (Å²) in [7, 11) is 0. The van der Waals surface area contributed by atoms with Crippen LogP contribution in [0.4, 0.5) is 19.0 Å². The van der Waals surface area contributed by atoms with Gasteiger partial charge in [-0.3, -0.25) is 9.78 Å². The zero-order valence-electron chi connectivity index (χ0n) is 13.4. The number of rotatable bonds is 4. The minimum absolute atomic E-state index is 0.0206. The zero-order chi connectivity index (χ0) is 17.9. The second kappa shape index (κ2) is 7.22. The van der Waals surface area contributed by atoms with Gasteiger partial charge in [-0.05, 0) is 25.0 Å². The average Bonchev–Trinajstić information content (AvgIpc) is 2.60. The normalized spacial score (nSPS) is 18.4. The molecule has 6 nitrogen and oxygen atoms in total. The van der Waals surface area contributed by atoms with E-state index in [1.807, 2.05) is 4.90 Å². The summed E-state index contributed by atoms with van der Waals surface area (Å²) in [5.74, 6) is 0.336. The van der Waals surface area contributed by atoms with E-state index < -0.39 is 11.7 Å². The van der Waals surface area contributed by atoms with Crippen molar-refractivity contribution in [1.82, 2.24) is 20.3 Å². The van der Waals surface area contributed by atoms with Crippen LogP contribution in [0.1, 0.15) is 24.1 Å². The molecule has 2 N–H and O–H groups in total. The summed E-state index contributed by atoms with van der Waals surface area (Å²) in [6.07, 6.45) is 1.54. The zero-order valence-corrected chi connectivity index (χ0v) is 13.4. The number of piperidine rings is 1. The quantitative estimate of drug-likeness (QED) is 0.879. The molecule has 0 radical (unpaired) electrons. The molecule has 134 valence electrons. The van der Waals surface area contributed by atoms with E-state index in [4.69, 9.17) is 0 Å². The van der Waals surface area contributed by atoms with Gasteiger partial charge in [-0.2, -0.15) is 13.2 Å². The van der Waals surface area contributed by atoms with Crippen molar-refractivity contribution in [2.45, 2.75) is 31.6 Å². The van der Waals surface area contributed by atoms with E-state index in [0.717, 1.165) is 18.9 Å². The summed E-state index contributed by atoms with van der Waals surface area (Å²) in [6.45, 7) is 1.22. The number of anilines is 1. The smallest absolute Gasteiger partial charge is 0.350 e. The Morgan fingerprint density at radius 3 is 2.92 bits per heavy atom. The van der Waals surface area contributed by atoms with Gasteiger partial charge in [0.1, 0.15) is 0 Å². The average molecular weight is 353 g/mol. The van der Waals surface area contributed by atoms with Gasteiger partial charge in [0.25, 0.3) is 5.56 Å². The SMILES string of the molecule is O=c1[nH]ccnc1N1CCC[C@H](NCc2ncccc2C(F)(F)F)C1. The molecule has 0 spiro atoms. The number of halogens is 3. The molecule has 1 saturated heterocycles. The van der Waals surface area contributed by atoms with Crippen LogP contribution in [0.15, 0.2) is 35.5 Å². The molecule has 0 saturated carbocycles. The Morgan fingerprint density at radius 2 is 2.16 bits per heavy atom. The molecule has 25 heavy (non-hydrogen) atoms. The van der Waals surface area contributed by atoms with E-state index in [9.17, 15) is 18.0 Å². The lowest BCUT2D eigenvalue weighted by Gasteiger charge is -2.33. The van der Waals surface area contributed by atoms with E-state index >= 15 is 0 Å². The molecule has 2 aromatic rings. The predicted molar refractivity (Wildman–Crippen MR) is 86.2 cm³/mol. The van der Waals surface area contributed by atoms with Crippen LogP contribution in [-0.2, 0) is 12.7 Å². The maximum absolute atomic E-state index is 13.0. The Hall–Kier alpha value is -2.42. The highest BCUT2D eigenvalue weighted by atomic mass is 19.4. The fourth-order valence-electron chi connectivity index (χ4n) is 2.98. The topological polar surface area (TPSA) is 73.9 Å². The van der Waals surface area contributed by atoms with Crippen molar-refractivity contribution in [2.75, 3.05) is 18.0 Å². The summed E-state index contributed by atoms with van der Waals surface area (Å²) in [5, 5.41) is 3.13. The number of H-pyrrole nitrogens is 1. The first-order valence-corrected chi connectivity index (χ1v) is 7.98. The molecule has 0 aromatic carbocycles. The number of nitrogens with one attached hydrogen (secondary N) is 2. The number of hydrogen-bond donors (Lipinski definition) is 2. The van der Waals surface area contributed by atoms with E-state index in [-0.39, 0.29) is 23.8 Å². The number of alkyl halides is 3. The van der Waals surface area contributed by atoms with Gasteiger partial charge in [0, 0.05) is 44.3 Å². The predicted octanol–water partition coefficient (Wildman–Crippen LogP) is 1.94. The fraction of sp³-hybridized carbons (Fsp3) is 0.438. The van der Waals surface area contributed by atoms with Gasteiger partial charge >= 0.3 is 6.18 Å². The molecule has 2 aromatic heterocycles. The molecule has 0 bridgehead atoms. The maximum atomic E-state index is 13.0. The van der Waals surface area contributed by atoms with Gasteiger partial charge in [0.2, 0.25) is 0 Å². The van der Waals surface area contributed by atoms with Gasteiger partial charge in [0.15, 0.2) is 5.82 Å². The van der Waals surface area contributed by atoms with E-state index in [2.05, 4.69) is 20.3 Å². The van der Waals surface area contributed by atoms with Crippen LogP contribution in [0, 0.1) is 0 Å². The highest BCUT2D eigenvalue weighted by molar-refractivity contribution is 5.36. The monoisotopic (exact) mass is 353 g/mol. The van der Waals surface area contributed by atoms with Crippen LogP contribution in [0.5, 0.6) is 0 Å². The van der Waals surface area contributed by atoms with E-state index in [1.165, 1.54) is 24.7 Å². The van der Waals surface area contributed by atoms with Crippen molar-refractivity contribution >= 4 is 5.82 Å². The van der Waals surface area contributed by atoms with Crippen molar-refractivity contribution in [3.8, 4) is 0 Å². The molecule has 1 aliphatic heterocycles. The summed E-state index contributed by atoms with van der Waals surface area (Å²) >= 11 is 0. The first-order valence-electron chi connectivity index (χ1n) is 7.98. The highest BCUT2D eigenvalue weighted by Crippen LogP contribution is 2.31. The lowest BCUT2D eigenvalue weighted by molar-refractivity contribution is -0.138. The maximum Gasteiger partial charge on any atom is 0.418 e. The molecule has 0 amide bonds. The van der Waals surface area contributed by atoms with Crippen molar-refractivity contribution < 1.29 is 13.2 Å². The lowest BCUT2D eigenvalue weighted by atomic mass is 10.1. The Bertz CT molecular complexity index is 777. The standard InChI is InChI=1S/C16H18F3N5O/c17-16(18,19)12-4-1-5-20-13(12)9-23-11-3-2-8-24(10-11)14-15(25)22-7-6-21-14/h1,4-7,11,23H,2-3,8-10H2,(H,22,25)/t11-/m0/s1. The van der Waals surface area contributed by atoms with Gasteiger partial charge in [-0.1, -0.05) is 0 Å². The van der Waals surface area contributed by atoms with Crippen LogP contribution in [0.3, 0.4) is 0 Å². The Balaban J connectivity index is 1.67. The Kier molecular flexibility index (Phi) is 5.03. The van der Waals surface area contributed by atoms with Crippen molar-refractivity contribution in [3.63, 3.8) is 0 Å². The van der Waals surface area contributed by atoms with Crippen LogP contribution < -0.4 is 15.8 Å². The third kappa shape index (κ3) is 4.16. The summed E-state index contributed by atoms with van der Waals surface area (Å²) in [5.41, 5.74) is -1.02. The van der Waals surface area contributed by atoms with Gasteiger partial charge < -0.3 is 15.2 Å². The first-order chi connectivity index (χ1) is 11.9. The van der Waals surface area contributed by atoms with E-state index in [1.54, 1.807) is 0 Å². The van der Waals surface area contributed by atoms with Crippen LogP contribution >= 0.6 is 0 Å². The second-order valence-corrected chi connectivity index (χ2v) is 5.90. The number of aromatic nitrogens is 3. The third-order valence-corrected chi connectivity index (χ3v) is 4.16. The molecule has 1 atom stereocenters. The van der Waals surface area contributed by atoms with E-state index in [0.29, 0.717) is 18.9 Å². The second-order valence-electron chi connectivity index (χ2n) is 5.90. The highest BCUT2D eigenvalue weighted by Gasteiger charge is 2.34. The first kappa shape index (κ1) is 17.4.